The van der Waals surface area contributed by atoms with E-state index in [4.69, 9.17) is 28.9 Å². The molecule has 0 fully saturated rings. The van der Waals surface area contributed by atoms with Gasteiger partial charge in [-0.3, -0.25) is 0 Å². The Morgan fingerprint density at radius 2 is 1.92 bits per heavy atom. The predicted molar refractivity (Wildman–Crippen MR) is 81.6 cm³/mol. The van der Waals surface area contributed by atoms with Crippen LogP contribution < -0.4 is 15.2 Å². The SMILES string of the molecule is COC(=O)c1nc(-c2ccc3c(c2)OC(F)(F)O3)c(Cl)c(N)c1Cl. The number of nitrogens with two attached hydrogens (primary N) is 1. The Hall–Kier alpha value is -2.32. The van der Waals surface area contributed by atoms with Crippen LogP contribution in [0.2, 0.25) is 10.0 Å². The maximum atomic E-state index is 13.1. The minimum absolute atomic E-state index is 0.0433. The van der Waals surface area contributed by atoms with Crippen molar-refractivity contribution in [2.24, 2.45) is 0 Å². The van der Waals surface area contributed by atoms with Gasteiger partial charge in [-0.2, -0.15) is 0 Å². The van der Waals surface area contributed by atoms with Gasteiger partial charge in [0, 0.05) is 5.56 Å². The van der Waals surface area contributed by atoms with Gasteiger partial charge in [-0.25, -0.2) is 9.78 Å². The van der Waals surface area contributed by atoms with Crippen molar-refractivity contribution >= 4 is 34.9 Å². The van der Waals surface area contributed by atoms with E-state index in [0.29, 0.717) is 0 Å². The lowest BCUT2D eigenvalue weighted by atomic mass is 10.1. The second-order valence-electron chi connectivity index (χ2n) is 4.67. The normalized spacial score (nSPS) is 14.5. The third kappa shape index (κ3) is 2.67. The first-order chi connectivity index (χ1) is 11.2. The summed E-state index contributed by atoms with van der Waals surface area (Å²) in [7, 11) is 1.15. The third-order valence-electron chi connectivity index (χ3n) is 3.17. The van der Waals surface area contributed by atoms with Crippen molar-refractivity contribution in [3.63, 3.8) is 0 Å². The number of fused-ring (bicyclic) bond motifs is 1. The molecule has 3 rings (SSSR count). The molecule has 2 heterocycles. The van der Waals surface area contributed by atoms with Crippen molar-refractivity contribution in [1.82, 2.24) is 4.98 Å². The lowest BCUT2D eigenvalue weighted by molar-refractivity contribution is -0.286. The molecule has 0 spiro atoms. The van der Waals surface area contributed by atoms with Crippen molar-refractivity contribution in [3.05, 3.63) is 33.9 Å². The summed E-state index contributed by atoms with van der Waals surface area (Å²) in [6.07, 6.45) is -3.76. The van der Waals surface area contributed by atoms with Crippen LogP contribution in [0.3, 0.4) is 0 Å². The topological polar surface area (TPSA) is 83.7 Å². The van der Waals surface area contributed by atoms with Crippen molar-refractivity contribution in [2.75, 3.05) is 12.8 Å². The number of anilines is 1. The molecule has 0 aliphatic carbocycles. The molecule has 0 atom stereocenters. The molecule has 1 aliphatic heterocycles. The standard InChI is InChI=1S/C14H8Cl2F2N2O4/c1-22-13(21)12-9(16)10(19)8(15)11(20-12)5-2-3-6-7(4-5)24-14(17,18)23-6/h2-4H,1H3,(H2,19,20). The van der Waals surface area contributed by atoms with Gasteiger partial charge in [0.2, 0.25) is 0 Å². The Bertz CT molecular complexity index is 861. The summed E-state index contributed by atoms with van der Waals surface area (Å²) in [4.78, 5) is 15.8. The summed E-state index contributed by atoms with van der Waals surface area (Å²) in [6, 6.07) is 3.90. The number of esters is 1. The molecule has 0 saturated carbocycles. The number of carbonyl (C=O) groups is 1. The minimum atomic E-state index is -3.76. The molecular weight excluding hydrogens is 369 g/mol. The Balaban J connectivity index is 2.14. The Labute approximate surface area is 144 Å². The van der Waals surface area contributed by atoms with Gasteiger partial charge in [0.05, 0.1) is 28.5 Å². The van der Waals surface area contributed by atoms with E-state index in [9.17, 15) is 13.6 Å². The number of nitrogen functional groups attached to an aromatic ring is 1. The average molecular weight is 377 g/mol. The zero-order valence-corrected chi connectivity index (χ0v) is 13.4. The maximum absolute atomic E-state index is 13.1. The van der Waals surface area contributed by atoms with Crippen LogP contribution in [0.4, 0.5) is 14.5 Å². The highest BCUT2D eigenvalue weighted by Gasteiger charge is 2.43. The highest BCUT2D eigenvalue weighted by atomic mass is 35.5. The van der Waals surface area contributed by atoms with Crippen molar-refractivity contribution in [2.45, 2.75) is 6.29 Å². The van der Waals surface area contributed by atoms with Crippen LogP contribution in [-0.4, -0.2) is 24.4 Å². The molecule has 126 valence electrons. The van der Waals surface area contributed by atoms with Gasteiger partial charge in [-0.1, -0.05) is 23.2 Å². The fourth-order valence-corrected chi connectivity index (χ4v) is 2.59. The summed E-state index contributed by atoms with van der Waals surface area (Å²) < 4.78 is 39.5. The van der Waals surface area contributed by atoms with Crippen LogP contribution in [0.1, 0.15) is 10.5 Å². The van der Waals surface area contributed by atoms with Gasteiger partial charge in [-0.05, 0) is 18.2 Å². The largest absolute Gasteiger partial charge is 0.586 e. The number of methoxy groups -OCH3 is 1. The minimum Gasteiger partial charge on any atom is -0.464 e. The van der Waals surface area contributed by atoms with Crippen LogP contribution in [0.25, 0.3) is 11.3 Å². The number of nitrogens with zero attached hydrogens (tertiary/aromatic N) is 1. The third-order valence-corrected chi connectivity index (χ3v) is 3.93. The second kappa shape index (κ2) is 5.64. The second-order valence-corrected chi connectivity index (χ2v) is 5.43. The van der Waals surface area contributed by atoms with Crippen molar-refractivity contribution < 1.29 is 27.8 Å². The quantitative estimate of drug-likeness (QED) is 0.803. The van der Waals surface area contributed by atoms with Crippen LogP contribution in [0, 0.1) is 0 Å². The van der Waals surface area contributed by atoms with Gasteiger partial charge in [0.1, 0.15) is 0 Å². The molecule has 24 heavy (non-hydrogen) atoms. The molecule has 6 nitrogen and oxygen atoms in total. The summed E-state index contributed by atoms with van der Waals surface area (Å²) in [5.41, 5.74) is 5.77. The molecule has 0 radical (unpaired) electrons. The van der Waals surface area contributed by atoms with Crippen LogP contribution in [0.5, 0.6) is 11.5 Å². The number of hydrogen-bond acceptors (Lipinski definition) is 6. The molecule has 0 amide bonds. The number of aromatic nitrogens is 1. The van der Waals surface area contributed by atoms with E-state index in [0.717, 1.165) is 7.11 Å². The monoisotopic (exact) mass is 376 g/mol. The fourth-order valence-electron chi connectivity index (χ4n) is 2.08. The maximum Gasteiger partial charge on any atom is 0.586 e. The molecule has 2 aromatic rings. The number of halogens is 4. The van der Waals surface area contributed by atoms with Crippen LogP contribution >= 0.6 is 23.2 Å². The molecule has 1 aromatic heterocycles. The number of rotatable bonds is 2. The molecule has 2 N–H and O–H groups in total. The van der Waals surface area contributed by atoms with E-state index in [1.165, 1.54) is 18.2 Å². The number of carbonyl (C=O) groups excluding carboxylic acids is 1. The van der Waals surface area contributed by atoms with Gasteiger partial charge in [0.25, 0.3) is 0 Å². The highest BCUT2D eigenvalue weighted by Crippen LogP contribution is 2.44. The number of pyridine rings is 1. The predicted octanol–water partition coefficient (Wildman–Crippen LogP) is 3.75. The van der Waals surface area contributed by atoms with E-state index in [-0.39, 0.29) is 44.2 Å². The first kappa shape index (κ1) is 16.5. The lowest BCUT2D eigenvalue weighted by Crippen LogP contribution is -2.25. The summed E-state index contributed by atoms with van der Waals surface area (Å²) in [5, 5.41) is -0.207. The summed E-state index contributed by atoms with van der Waals surface area (Å²) in [6.45, 7) is 0. The zero-order valence-electron chi connectivity index (χ0n) is 11.9. The number of ether oxygens (including phenoxy) is 3. The highest BCUT2D eigenvalue weighted by molar-refractivity contribution is 6.41. The van der Waals surface area contributed by atoms with E-state index in [1.807, 2.05) is 0 Å². The molecule has 1 aliphatic rings. The zero-order chi connectivity index (χ0) is 17.6. The number of alkyl halides is 2. The van der Waals surface area contributed by atoms with E-state index >= 15 is 0 Å². The first-order valence-corrected chi connectivity index (χ1v) is 7.12. The lowest BCUT2D eigenvalue weighted by Gasteiger charge is -2.11. The fraction of sp³-hybridized carbons (Fsp3) is 0.143. The van der Waals surface area contributed by atoms with Gasteiger partial charge < -0.3 is 19.9 Å². The molecular formula is C14H8Cl2F2N2O4. The van der Waals surface area contributed by atoms with E-state index in [2.05, 4.69) is 19.2 Å². The van der Waals surface area contributed by atoms with Crippen molar-refractivity contribution in [3.8, 4) is 22.8 Å². The molecule has 0 saturated heterocycles. The smallest absolute Gasteiger partial charge is 0.464 e. The molecule has 1 aromatic carbocycles. The Morgan fingerprint density at radius 3 is 2.58 bits per heavy atom. The molecule has 0 bridgehead atoms. The average Bonchev–Trinajstić information content (AvgIpc) is 2.85. The van der Waals surface area contributed by atoms with Gasteiger partial charge >= 0.3 is 12.3 Å². The van der Waals surface area contributed by atoms with Crippen LogP contribution in [-0.2, 0) is 4.74 Å². The van der Waals surface area contributed by atoms with Gasteiger partial charge in [0.15, 0.2) is 17.2 Å². The van der Waals surface area contributed by atoms with Crippen LogP contribution in [0.15, 0.2) is 18.2 Å². The van der Waals surface area contributed by atoms with E-state index < -0.39 is 12.3 Å². The first-order valence-electron chi connectivity index (χ1n) is 6.36. The summed E-state index contributed by atoms with van der Waals surface area (Å²) in [5.74, 6) is -1.17. The van der Waals surface area contributed by atoms with Gasteiger partial charge in [-0.15, -0.1) is 8.78 Å². The van der Waals surface area contributed by atoms with E-state index in [1.54, 1.807) is 0 Å². The summed E-state index contributed by atoms with van der Waals surface area (Å²) >= 11 is 12.1. The molecule has 10 heteroatoms. The number of hydrogen-bond donors (Lipinski definition) is 1. The Kier molecular flexibility index (Phi) is 3.89. The van der Waals surface area contributed by atoms with Crippen molar-refractivity contribution in [1.29, 1.82) is 0 Å². The molecule has 0 unspecified atom stereocenters. The number of benzene rings is 1. The Morgan fingerprint density at radius 1 is 1.25 bits per heavy atom.